The fourth-order valence-electron chi connectivity index (χ4n) is 8.31. The van der Waals surface area contributed by atoms with Crippen LogP contribution in [0.2, 0.25) is 0 Å². The minimum atomic E-state index is -1.07. The Morgan fingerprint density at radius 2 is 1.00 bits per heavy atom. The summed E-state index contributed by atoms with van der Waals surface area (Å²) in [5.41, 5.74) is 6.39. The van der Waals surface area contributed by atoms with Gasteiger partial charge in [0.15, 0.2) is 0 Å². The normalized spacial score (nSPS) is 13.3. The summed E-state index contributed by atoms with van der Waals surface area (Å²) >= 11 is 0. The van der Waals surface area contributed by atoms with Gasteiger partial charge in [0, 0.05) is 70.0 Å². The number of aliphatic hydroxyl groups excluding tert-OH is 2. The maximum Gasteiger partial charge on any atom is 0.407 e. The molecule has 0 bridgehead atoms. The molecule has 0 aliphatic heterocycles. The van der Waals surface area contributed by atoms with Crippen LogP contribution in [0.3, 0.4) is 0 Å². The third kappa shape index (κ3) is 19.0. The second-order valence-corrected chi connectivity index (χ2v) is 20.0. The zero-order valence-electron chi connectivity index (χ0n) is 42.4. The van der Waals surface area contributed by atoms with Crippen molar-refractivity contribution in [2.24, 2.45) is 11.8 Å². The van der Waals surface area contributed by atoms with Crippen LogP contribution in [0.25, 0.3) is 11.4 Å². The molecule has 0 radical (unpaired) electrons. The second kappa shape index (κ2) is 26.9. The lowest BCUT2D eigenvalue weighted by Crippen LogP contribution is -2.50. The number of aromatic nitrogens is 4. The molecule has 0 aliphatic carbocycles. The molecular formula is C55H70F4N8O5. The quantitative estimate of drug-likeness (QED) is 0.0366. The molecule has 13 nitrogen and oxygen atoms in total. The summed E-state index contributed by atoms with van der Waals surface area (Å²) in [6.45, 7) is 16.4. The number of nitrogens with one attached hydrogen (secondary N) is 4. The molecule has 6 rings (SSSR count). The van der Waals surface area contributed by atoms with Gasteiger partial charge < -0.3 is 45.4 Å². The summed E-state index contributed by atoms with van der Waals surface area (Å²) in [4.78, 5) is 32.4. The van der Waals surface area contributed by atoms with E-state index >= 15 is 0 Å². The van der Waals surface area contributed by atoms with Gasteiger partial charge in [-0.05, 0) is 128 Å². The lowest BCUT2D eigenvalue weighted by molar-refractivity contribution is -0.120. The molecule has 0 saturated carbocycles. The predicted octanol–water partition coefficient (Wildman–Crippen LogP) is 8.48. The first-order valence-electron chi connectivity index (χ1n) is 24.2. The lowest BCUT2D eigenvalue weighted by atomic mass is 9.99. The van der Waals surface area contributed by atoms with Crippen LogP contribution in [-0.2, 0) is 48.3 Å². The fourth-order valence-corrected chi connectivity index (χ4v) is 8.31. The van der Waals surface area contributed by atoms with E-state index in [0.717, 1.165) is 47.5 Å². The van der Waals surface area contributed by atoms with Crippen molar-refractivity contribution < 1.29 is 42.1 Å². The molecule has 6 N–H and O–H groups in total. The topological polar surface area (TPSA) is 168 Å². The third-order valence-electron chi connectivity index (χ3n) is 11.3. The van der Waals surface area contributed by atoms with Crippen molar-refractivity contribution in [1.29, 1.82) is 0 Å². The molecule has 17 heteroatoms. The molecule has 0 saturated heterocycles. The van der Waals surface area contributed by atoms with Crippen molar-refractivity contribution >= 4 is 12.0 Å². The highest BCUT2D eigenvalue weighted by Gasteiger charge is 2.26. The maximum absolute atomic E-state index is 13.8. The number of hydrogen-bond acceptors (Lipinski definition) is 9. The van der Waals surface area contributed by atoms with Gasteiger partial charge in [0.1, 0.15) is 28.9 Å². The van der Waals surface area contributed by atoms with E-state index in [1.54, 1.807) is 45.8 Å². The van der Waals surface area contributed by atoms with Gasteiger partial charge in [-0.15, -0.1) is 0 Å². The number of amides is 2. The number of imidazole rings is 2. The highest BCUT2D eigenvalue weighted by molar-refractivity contribution is 5.73. The van der Waals surface area contributed by atoms with Crippen molar-refractivity contribution in [3.05, 3.63) is 167 Å². The predicted molar refractivity (Wildman–Crippen MR) is 271 cm³/mol. The monoisotopic (exact) mass is 999 g/mol. The molecular weight excluding hydrogens is 929 g/mol. The number of aliphatic hydroxyl groups is 2. The summed E-state index contributed by atoms with van der Waals surface area (Å²) in [5.74, 6) is -2.15. The van der Waals surface area contributed by atoms with Crippen molar-refractivity contribution in [2.75, 3.05) is 13.1 Å². The number of hydrogen-bond donors (Lipinski definition) is 6. The van der Waals surface area contributed by atoms with Crippen molar-refractivity contribution in [3.63, 3.8) is 0 Å². The highest BCUT2D eigenvalue weighted by Crippen LogP contribution is 2.22. The van der Waals surface area contributed by atoms with E-state index in [1.807, 2.05) is 21.5 Å². The van der Waals surface area contributed by atoms with Gasteiger partial charge in [0.25, 0.3) is 0 Å². The Morgan fingerprint density at radius 1 is 0.597 bits per heavy atom. The Morgan fingerprint density at radius 3 is 1.35 bits per heavy atom. The van der Waals surface area contributed by atoms with Gasteiger partial charge in [0.05, 0.1) is 48.3 Å². The minimum Gasteiger partial charge on any atom is -0.444 e. The zero-order chi connectivity index (χ0) is 52.5. The zero-order valence-corrected chi connectivity index (χ0v) is 42.4. The molecule has 388 valence electrons. The minimum absolute atomic E-state index is 0.0148. The van der Waals surface area contributed by atoms with Gasteiger partial charge in [-0.2, -0.15) is 0 Å². The molecule has 2 heterocycles. The Bertz CT molecular complexity index is 2600. The first kappa shape index (κ1) is 56.5. The van der Waals surface area contributed by atoms with Crippen LogP contribution in [0.4, 0.5) is 22.4 Å². The van der Waals surface area contributed by atoms with Gasteiger partial charge in [0.2, 0.25) is 5.91 Å². The average molecular weight is 999 g/mol. The second-order valence-electron chi connectivity index (χ2n) is 20.0. The van der Waals surface area contributed by atoms with Gasteiger partial charge in [-0.3, -0.25) is 4.79 Å². The lowest BCUT2D eigenvalue weighted by Gasteiger charge is -2.27. The van der Waals surface area contributed by atoms with E-state index in [9.17, 15) is 37.4 Å². The molecule has 2 aromatic heterocycles. The molecule has 2 amide bonds. The highest BCUT2D eigenvalue weighted by atomic mass is 19.1. The smallest absolute Gasteiger partial charge is 0.407 e. The number of halogens is 4. The fraction of sp³-hybridized carbons (Fsp3) is 0.418. The first-order valence-corrected chi connectivity index (χ1v) is 24.2. The number of rotatable bonds is 22. The van der Waals surface area contributed by atoms with E-state index in [1.165, 1.54) is 42.3 Å². The van der Waals surface area contributed by atoms with Crippen molar-refractivity contribution in [1.82, 2.24) is 40.4 Å². The van der Waals surface area contributed by atoms with E-state index in [0.29, 0.717) is 36.1 Å². The number of carbonyl (C=O) groups is 2. The van der Waals surface area contributed by atoms with Crippen molar-refractivity contribution in [3.8, 4) is 11.4 Å². The number of nitrogens with zero attached hydrogens (tertiary/aromatic N) is 4. The molecule has 72 heavy (non-hydrogen) atoms. The molecule has 6 aromatic rings. The van der Waals surface area contributed by atoms with Gasteiger partial charge in [-0.1, -0.05) is 52.0 Å². The summed E-state index contributed by atoms with van der Waals surface area (Å²) < 4.78 is 64.0. The van der Waals surface area contributed by atoms with E-state index in [2.05, 4.69) is 95.3 Å². The number of carbonyl (C=O) groups excluding carboxylic acids is 2. The Balaban J connectivity index is 0.000000269. The number of alkyl carbamates (subject to hydrolysis) is 1. The van der Waals surface area contributed by atoms with Crippen LogP contribution in [0.5, 0.6) is 0 Å². The maximum atomic E-state index is 13.8. The SMILES string of the molecule is CC(=O)N[C@@H](Cc1cc(F)cc(F)c1)[C@H](O)CNCc1cc(CC(C)C)ccc1-n1ccnc1.CC(C)Cc1ccc(-n2ccnc2)c(CNC[C@@H](O)[C@H](Cc2cc(F)cc(F)c2)NC(=O)OC(C)(C)C)c1. The van der Waals surface area contributed by atoms with Gasteiger partial charge in [-0.25, -0.2) is 32.3 Å². The van der Waals surface area contributed by atoms with Crippen LogP contribution in [-0.4, -0.2) is 84.3 Å². The number of ether oxygens (including phenoxy) is 1. The average Bonchev–Trinajstić information content (AvgIpc) is 4.01. The number of benzene rings is 4. The Hall–Kier alpha value is -6.40. The summed E-state index contributed by atoms with van der Waals surface area (Å²) in [7, 11) is 0. The van der Waals surface area contributed by atoms with Crippen molar-refractivity contribution in [2.45, 2.75) is 124 Å². The van der Waals surface area contributed by atoms with Crippen LogP contribution in [0.15, 0.2) is 110 Å². The van der Waals surface area contributed by atoms with E-state index < -0.39 is 59.3 Å². The third-order valence-corrected chi connectivity index (χ3v) is 11.3. The molecule has 4 atom stereocenters. The molecule has 0 fully saturated rings. The Kier molecular flexibility index (Phi) is 21.1. The largest absolute Gasteiger partial charge is 0.444 e. The van der Waals surface area contributed by atoms with Crippen LogP contribution < -0.4 is 21.3 Å². The van der Waals surface area contributed by atoms with Crippen LogP contribution >= 0.6 is 0 Å². The van der Waals surface area contributed by atoms with Gasteiger partial charge >= 0.3 is 6.09 Å². The summed E-state index contributed by atoms with van der Waals surface area (Å²) in [6.07, 6.45) is 9.90. The molecule has 0 aliphatic rings. The summed E-state index contributed by atoms with van der Waals surface area (Å²) in [6, 6.07) is 17.4. The molecule has 4 aromatic carbocycles. The van der Waals surface area contributed by atoms with Crippen LogP contribution in [0.1, 0.15) is 88.8 Å². The summed E-state index contributed by atoms with van der Waals surface area (Å²) in [5, 5.41) is 33.7. The van der Waals surface area contributed by atoms with E-state index in [-0.39, 0.29) is 31.8 Å². The van der Waals surface area contributed by atoms with Crippen LogP contribution in [0, 0.1) is 35.1 Å². The molecule has 0 spiro atoms. The Labute approximate surface area is 420 Å². The molecule has 0 unspecified atom stereocenters. The van der Waals surface area contributed by atoms with E-state index in [4.69, 9.17) is 4.74 Å². The first-order chi connectivity index (χ1) is 34.1. The standard InChI is InChI=1S/C29H38F2N4O3.C26H32F2N4O2/c1-19(2)10-20-6-7-26(35-9-8-32-18-35)22(11-20)16-33-17-27(36)25(34-28(37)38-29(3,4)5)14-21-12-23(30)15-24(31)13-21;1-17(2)8-19-4-5-25(32-7-6-29-16-32)21(9-19)14-30-15-26(34)24(31-18(3)33)12-20-10-22(27)13-23(28)11-20/h6-9,11-13,15,18-19,25,27,33,36H,10,14,16-17H2,1-5H3,(H,34,37);4-7,9-11,13,16-17,24,26,30,34H,8,12,14-15H2,1-3H3,(H,31,33)/t25-,27+;24-,26+/m00/s1.